The lowest BCUT2D eigenvalue weighted by atomic mass is 9.94. The Morgan fingerprint density at radius 2 is 2.00 bits per heavy atom. The van der Waals surface area contributed by atoms with E-state index in [1.165, 1.54) is 7.11 Å². The lowest BCUT2D eigenvalue weighted by molar-refractivity contribution is -0.0662. The second-order valence-corrected chi connectivity index (χ2v) is 6.89. The van der Waals surface area contributed by atoms with Crippen LogP contribution in [0.1, 0.15) is 50.0 Å². The molecule has 1 aliphatic heterocycles. The summed E-state index contributed by atoms with van der Waals surface area (Å²) in [6, 6.07) is 5.76. The largest absolute Gasteiger partial charge is 0.465 e. The number of carbonyl (C=O) groups is 1. The van der Waals surface area contributed by atoms with Crippen molar-refractivity contribution in [2.45, 2.75) is 58.3 Å². The van der Waals surface area contributed by atoms with E-state index in [-0.39, 0.29) is 23.2 Å². The number of methoxy groups -OCH3 is 1. The minimum atomic E-state index is -0.319. The number of ether oxygens (including phenoxy) is 2. The number of benzene rings is 1. The molecule has 2 rings (SSSR count). The average molecular weight is 291 g/mol. The van der Waals surface area contributed by atoms with Crippen LogP contribution in [0.4, 0.5) is 5.69 Å². The van der Waals surface area contributed by atoms with Gasteiger partial charge >= 0.3 is 5.97 Å². The maximum atomic E-state index is 11.7. The van der Waals surface area contributed by atoms with Crippen molar-refractivity contribution in [3.63, 3.8) is 0 Å². The molecule has 4 nitrogen and oxygen atoms in total. The molecular weight excluding hydrogens is 266 g/mol. The summed E-state index contributed by atoms with van der Waals surface area (Å²) in [6.45, 7) is 10.4. The quantitative estimate of drug-likeness (QED) is 0.865. The normalized spacial score (nSPS) is 22.9. The van der Waals surface area contributed by atoms with Crippen molar-refractivity contribution in [2.75, 3.05) is 12.4 Å². The molecule has 4 heteroatoms. The SMILES string of the molecule is COC(=O)c1ccc(C)c(NC2CC(C)(C)OC2(C)C)c1. The Hall–Kier alpha value is -1.55. The number of esters is 1. The number of carbonyl (C=O) groups excluding carboxylic acids is 1. The summed E-state index contributed by atoms with van der Waals surface area (Å²) in [5.41, 5.74) is 2.22. The van der Waals surface area contributed by atoms with E-state index in [4.69, 9.17) is 9.47 Å². The Kier molecular flexibility index (Phi) is 4.02. The average Bonchev–Trinajstić information content (AvgIpc) is 2.58. The van der Waals surface area contributed by atoms with Gasteiger partial charge in [-0.2, -0.15) is 0 Å². The third kappa shape index (κ3) is 3.38. The number of hydrogen-bond donors (Lipinski definition) is 1. The van der Waals surface area contributed by atoms with E-state index in [1.54, 1.807) is 6.07 Å². The van der Waals surface area contributed by atoms with Gasteiger partial charge in [0.25, 0.3) is 0 Å². The maximum absolute atomic E-state index is 11.7. The molecule has 0 radical (unpaired) electrons. The number of rotatable bonds is 3. The minimum absolute atomic E-state index is 0.144. The Morgan fingerprint density at radius 3 is 2.52 bits per heavy atom. The Balaban J connectivity index is 2.25. The Morgan fingerprint density at radius 1 is 1.33 bits per heavy atom. The summed E-state index contributed by atoms with van der Waals surface area (Å²) in [5.74, 6) is -0.319. The van der Waals surface area contributed by atoms with Crippen LogP contribution in [-0.4, -0.2) is 30.3 Å². The standard InChI is InChI=1S/C17H25NO3/c1-11-7-8-12(15(19)20-6)9-13(11)18-14-10-16(2,3)21-17(14,4)5/h7-9,14,18H,10H2,1-6H3. The third-order valence-electron chi connectivity index (χ3n) is 4.06. The van der Waals surface area contributed by atoms with Gasteiger partial charge in [-0.05, 0) is 58.7 Å². The second-order valence-electron chi connectivity index (χ2n) is 6.89. The molecule has 116 valence electrons. The first-order valence-electron chi connectivity index (χ1n) is 7.30. The van der Waals surface area contributed by atoms with Crippen molar-refractivity contribution in [3.05, 3.63) is 29.3 Å². The van der Waals surface area contributed by atoms with E-state index < -0.39 is 0 Å². The van der Waals surface area contributed by atoms with Crippen LogP contribution in [0, 0.1) is 6.92 Å². The van der Waals surface area contributed by atoms with Crippen molar-refractivity contribution < 1.29 is 14.3 Å². The van der Waals surface area contributed by atoms with Gasteiger partial charge in [0.05, 0.1) is 29.9 Å². The molecule has 1 aromatic rings. The van der Waals surface area contributed by atoms with Gasteiger partial charge in [-0.3, -0.25) is 0 Å². The predicted molar refractivity (Wildman–Crippen MR) is 83.8 cm³/mol. The summed E-state index contributed by atoms with van der Waals surface area (Å²) in [4.78, 5) is 11.7. The first-order valence-corrected chi connectivity index (χ1v) is 7.30. The van der Waals surface area contributed by atoms with Gasteiger partial charge in [-0.15, -0.1) is 0 Å². The van der Waals surface area contributed by atoms with Crippen LogP contribution in [0.2, 0.25) is 0 Å². The first-order chi connectivity index (χ1) is 9.64. The summed E-state index contributed by atoms with van der Waals surface area (Å²) >= 11 is 0. The highest BCUT2D eigenvalue weighted by atomic mass is 16.5. The van der Waals surface area contributed by atoms with Crippen LogP contribution in [0.3, 0.4) is 0 Å². The molecule has 0 spiro atoms. The molecule has 1 N–H and O–H groups in total. The molecule has 1 heterocycles. The van der Waals surface area contributed by atoms with E-state index in [9.17, 15) is 4.79 Å². The molecule has 1 unspecified atom stereocenters. The van der Waals surface area contributed by atoms with Crippen LogP contribution in [0.25, 0.3) is 0 Å². The van der Waals surface area contributed by atoms with Gasteiger partial charge in [-0.25, -0.2) is 4.79 Å². The molecule has 0 aliphatic carbocycles. The highest BCUT2D eigenvalue weighted by molar-refractivity contribution is 5.90. The van der Waals surface area contributed by atoms with Gasteiger partial charge in [-0.1, -0.05) is 6.07 Å². The number of nitrogens with one attached hydrogen (secondary N) is 1. The van der Waals surface area contributed by atoms with Crippen LogP contribution < -0.4 is 5.32 Å². The minimum Gasteiger partial charge on any atom is -0.465 e. The van der Waals surface area contributed by atoms with Crippen LogP contribution >= 0.6 is 0 Å². The maximum Gasteiger partial charge on any atom is 0.337 e. The molecule has 1 fully saturated rings. The van der Waals surface area contributed by atoms with Crippen molar-refractivity contribution in [3.8, 4) is 0 Å². The van der Waals surface area contributed by atoms with Gasteiger partial charge in [0.15, 0.2) is 0 Å². The molecule has 0 amide bonds. The fraction of sp³-hybridized carbons (Fsp3) is 0.588. The van der Waals surface area contributed by atoms with Crippen LogP contribution in [-0.2, 0) is 9.47 Å². The molecule has 1 saturated heterocycles. The smallest absolute Gasteiger partial charge is 0.337 e. The molecule has 0 saturated carbocycles. The van der Waals surface area contributed by atoms with Crippen LogP contribution in [0.15, 0.2) is 18.2 Å². The summed E-state index contributed by atoms with van der Waals surface area (Å²) in [7, 11) is 1.39. The molecule has 1 aliphatic rings. The summed E-state index contributed by atoms with van der Waals surface area (Å²) in [6.07, 6.45) is 0.919. The third-order valence-corrected chi connectivity index (χ3v) is 4.06. The van der Waals surface area contributed by atoms with Gasteiger partial charge < -0.3 is 14.8 Å². The van der Waals surface area contributed by atoms with E-state index in [0.29, 0.717) is 5.56 Å². The second kappa shape index (κ2) is 5.34. The molecule has 1 aromatic carbocycles. The Bertz CT molecular complexity index is 549. The zero-order valence-electron chi connectivity index (χ0n) is 13.7. The lowest BCUT2D eigenvalue weighted by Crippen LogP contribution is -2.38. The highest BCUT2D eigenvalue weighted by Gasteiger charge is 2.45. The van der Waals surface area contributed by atoms with Crippen molar-refractivity contribution in [2.24, 2.45) is 0 Å². The molecular formula is C17H25NO3. The van der Waals surface area contributed by atoms with E-state index in [1.807, 2.05) is 19.1 Å². The molecule has 0 bridgehead atoms. The van der Waals surface area contributed by atoms with Crippen molar-refractivity contribution in [1.82, 2.24) is 0 Å². The lowest BCUT2D eigenvalue weighted by Gasteiger charge is -2.29. The van der Waals surface area contributed by atoms with E-state index in [2.05, 4.69) is 33.0 Å². The zero-order valence-corrected chi connectivity index (χ0v) is 13.7. The van der Waals surface area contributed by atoms with E-state index in [0.717, 1.165) is 17.7 Å². The topological polar surface area (TPSA) is 47.6 Å². The van der Waals surface area contributed by atoms with Gasteiger partial charge in [0.2, 0.25) is 0 Å². The summed E-state index contributed by atoms with van der Waals surface area (Å²) in [5, 5.41) is 3.54. The summed E-state index contributed by atoms with van der Waals surface area (Å²) < 4.78 is 10.9. The fourth-order valence-electron chi connectivity index (χ4n) is 3.00. The molecule has 21 heavy (non-hydrogen) atoms. The monoisotopic (exact) mass is 291 g/mol. The Labute approximate surface area is 126 Å². The van der Waals surface area contributed by atoms with Crippen molar-refractivity contribution >= 4 is 11.7 Å². The predicted octanol–water partition coefficient (Wildman–Crippen LogP) is 3.54. The molecule has 0 aromatic heterocycles. The number of aryl methyl sites for hydroxylation is 1. The number of hydrogen-bond acceptors (Lipinski definition) is 4. The van der Waals surface area contributed by atoms with Gasteiger partial charge in [0, 0.05) is 5.69 Å². The molecule has 1 atom stereocenters. The fourth-order valence-corrected chi connectivity index (χ4v) is 3.00. The highest BCUT2D eigenvalue weighted by Crippen LogP contribution is 2.39. The first kappa shape index (κ1) is 15.8. The zero-order chi connectivity index (χ0) is 15.8. The number of anilines is 1. The van der Waals surface area contributed by atoms with Crippen LogP contribution in [0.5, 0.6) is 0 Å². The van der Waals surface area contributed by atoms with Gasteiger partial charge in [0.1, 0.15) is 0 Å². The van der Waals surface area contributed by atoms with E-state index >= 15 is 0 Å². The van der Waals surface area contributed by atoms with Crippen molar-refractivity contribution in [1.29, 1.82) is 0 Å².